The Balaban J connectivity index is 1.62. The molecule has 8 heteroatoms. The topological polar surface area (TPSA) is 74.2 Å². The second-order valence-electron chi connectivity index (χ2n) is 8.60. The number of carbonyl (C=O) groups excluding carboxylic acids is 1. The van der Waals surface area contributed by atoms with Crippen LogP contribution in [0.15, 0.2) is 42.6 Å². The van der Waals surface area contributed by atoms with Crippen LogP contribution < -0.4 is 10.9 Å². The minimum atomic E-state index is -4.63. The van der Waals surface area contributed by atoms with Gasteiger partial charge in [-0.05, 0) is 79.2 Å². The molecular weight excluding hydrogens is 407 g/mol. The molecule has 2 aliphatic carbocycles. The lowest BCUT2D eigenvalue weighted by Gasteiger charge is -2.53. The highest BCUT2D eigenvalue weighted by atomic mass is 19.4. The smallest absolute Gasteiger partial charge is 0.380 e. The Labute approximate surface area is 179 Å². The third kappa shape index (κ3) is 3.67. The van der Waals surface area contributed by atoms with E-state index in [1.54, 1.807) is 36.5 Å². The fourth-order valence-electron chi connectivity index (χ4n) is 5.46. The molecule has 3 atom stereocenters. The number of nitrogens with zero attached hydrogens (tertiary/aromatic N) is 1. The minimum absolute atomic E-state index is 0.244. The van der Waals surface area contributed by atoms with Crippen LogP contribution >= 0.6 is 0 Å². The summed E-state index contributed by atoms with van der Waals surface area (Å²) in [6.45, 7) is 1.98. The van der Waals surface area contributed by atoms with Crippen LogP contribution in [0.3, 0.4) is 0 Å². The molecule has 3 N–H and O–H groups in total. The number of halogens is 3. The first kappa shape index (κ1) is 21.6. The van der Waals surface area contributed by atoms with Crippen LogP contribution in [0.25, 0.3) is 0 Å². The molecule has 0 radical (unpaired) electrons. The van der Waals surface area contributed by atoms with Crippen LogP contribution in [0.5, 0.6) is 0 Å². The van der Waals surface area contributed by atoms with E-state index >= 15 is 0 Å². The van der Waals surface area contributed by atoms with Crippen LogP contribution in [0, 0.1) is 5.92 Å². The van der Waals surface area contributed by atoms with Gasteiger partial charge in [0.2, 0.25) is 0 Å². The fourth-order valence-corrected chi connectivity index (χ4v) is 5.46. The van der Waals surface area contributed by atoms with Crippen LogP contribution in [0.4, 0.5) is 19.0 Å². The Morgan fingerprint density at radius 3 is 2.71 bits per heavy atom. The molecule has 1 fully saturated rings. The zero-order valence-electron chi connectivity index (χ0n) is 17.3. The molecule has 1 amide bonds. The number of aromatic nitrogens is 1. The molecule has 0 aliphatic heterocycles. The fraction of sp³-hybridized carbons (Fsp3) is 0.478. The predicted octanol–water partition coefficient (Wildman–Crippen LogP) is 4.53. The van der Waals surface area contributed by atoms with Gasteiger partial charge in [-0.15, -0.1) is 0 Å². The lowest BCUT2D eigenvalue weighted by atomic mass is 9.53. The van der Waals surface area contributed by atoms with Crippen LogP contribution in [-0.4, -0.2) is 27.8 Å². The Morgan fingerprint density at radius 2 is 2.03 bits per heavy atom. The quantitative estimate of drug-likeness (QED) is 0.620. The maximum absolute atomic E-state index is 13.5. The normalized spacial score (nSPS) is 27.7. The molecule has 3 unspecified atom stereocenters. The van der Waals surface area contributed by atoms with Crippen molar-refractivity contribution >= 4 is 11.7 Å². The number of hydrogen-bond acceptors (Lipinski definition) is 4. The van der Waals surface area contributed by atoms with Crippen LogP contribution in [0.2, 0.25) is 0 Å². The summed E-state index contributed by atoms with van der Waals surface area (Å²) in [5.74, 6) is -0.0883. The zero-order valence-corrected chi connectivity index (χ0v) is 17.3. The third-order valence-electron chi connectivity index (χ3n) is 7.18. The number of nitrogens with one attached hydrogen (secondary N) is 2. The van der Waals surface area contributed by atoms with Crippen molar-refractivity contribution in [3.63, 3.8) is 0 Å². The Morgan fingerprint density at radius 1 is 1.23 bits per heavy atom. The maximum Gasteiger partial charge on any atom is 0.417 e. The van der Waals surface area contributed by atoms with Gasteiger partial charge in [-0.1, -0.05) is 25.1 Å². The Hall–Kier alpha value is -2.61. The van der Waals surface area contributed by atoms with Gasteiger partial charge in [0.1, 0.15) is 5.82 Å². The molecular formula is C23H26F3N3O2. The van der Waals surface area contributed by atoms with Gasteiger partial charge < -0.3 is 5.11 Å². The number of pyridine rings is 1. The molecule has 2 aliphatic rings. The number of alkyl halides is 3. The molecule has 0 bridgehead atoms. The predicted molar refractivity (Wildman–Crippen MR) is 110 cm³/mol. The zero-order chi connectivity index (χ0) is 22.3. The number of rotatable bonds is 4. The van der Waals surface area contributed by atoms with Crippen LogP contribution in [-0.2, 0) is 11.8 Å². The average Bonchev–Trinajstić information content (AvgIpc) is 2.76. The van der Waals surface area contributed by atoms with Crippen molar-refractivity contribution < 1.29 is 23.1 Å². The first-order chi connectivity index (χ1) is 14.7. The van der Waals surface area contributed by atoms with E-state index in [9.17, 15) is 23.1 Å². The number of anilines is 1. The summed E-state index contributed by atoms with van der Waals surface area (Å²) in [4.78, 5) is 17.0. The second-order valence-corrected chi connectivity index (χ2v) is 8.60. The van der Waals surface area contributed by atoms with Crippen molar-refractivity contribution in [2.45, 2.75) is 62.6 Å². The van der Waals surface area contributed by atoms with E-state index in [-0.39, 0.29) is 31.1 Å². The van der Waals surface area contributed by atoms with E-state index < -0.39 is 17.2 Å². The number of hydrazine groups is 1. The molecule has 0 saturated heterocycles. The SMILES string of the molecule is CCC12CCC(O)(C(F)(F)F)CC1CCc1c(C(=O)NNc3ccccn3)cccc12. The highest BCUT2D eigenvalue weighted by Crippen LogP contribution is 2.57. The monoisotopic (exact) mass is 433 g/mol. The van der Waals surface area contributed by atoms with Gasteiger partial charge in [0.05, 0.1) is 0 Å². The van der Waals surface area contributed by atoms with E-state index in [0.717, 1.165) is 11.1 Å². The van der Waals surface area contributed by atoms with Gasteiger partial charge in [0.25, 0.3) is 5.91 Å². The second kappa shape index (κ2) is 7.82. The van der Waals surface area contributed by atoms with Gasteiger partial charge in [-0.3, -0.25) is 15.6 Å². The van der Waals surface area contributed by atoms with Gasteiger partial charge >= 0.3 is 6.18 Å². The number of benzene rings is 1. The van der Waals surface area contributed by atoms with Crippen molar-refractivity contribution in [1.29, 1.82) is 0 Å². The summed E-state index contributed by atoms with van der Waals surface area (Å²) in [5.41, 5.74) is 4.71. The van der Waals surface area contributed by atoms with Gasteiger partial charge in [-0.25, -0.2) is 4.98 Å². The number of fused-ring (bicyclic) bond motifs is 3. The van der Waals surface area contributed by atoms with Crippen molar-refractivity contribution in [2.24, 2.45) is 5.92 Å². The van der Waals surface area contributed by atoms with Crippen molar-refractivity contribution in [2.75, 3.05) is 5.43 Å². The van der Waals surface area contributed by atoms with Crippen molar-refractivity contribution in [1.82, 2.24) is 10.4 Å². The molecule has 1 heterocycles. The highest BCUT2D eigenvalue weighted by molar-refractivity contribution is 5.96. The van der Waals surface area contributed by atoms with Crippen molar-refractivity contribution in [3.05, 3.63) is 59.3 Å². The number of aliphatic hydroxyl groups is 1. The van der Waals surface area contributed by atoms with Crippen LogP contribution in [0.1, 0.15) is 60.5 Å². The first-order valence-electron chi connectivity index (χ1n) is 10.6. The number of hydrogen-bond donors (Lipinski definition) is 3. The summed E-state index contributed by atoms with van der Waals surface area (Å²) in [6.07, 6.45) is -1.72. The van der Waals surface area contributed by atoms with E-state index in [1.807, 2.05) is 13.0 Å². The molecule has 0 spiro atoms. The molecule has 166 valence electrons. The largest absolute Gasteiger partial charge is 0.417 e. The molecule has 31 heavy (non-hydrogen) atoms. The van der Waals surface area contributed by atoms with E-state index in [4.69, 9.17) is 0 Å². The Kier molecular flexibility index (Phi) is 5.45. The lowest BCUT2D eigenvalue weighted by Crippen LogP contribution is -2.56. The maximum atomic E-state index is 13.5. The summed E-state index contributed by atoms with van der Waals surface area (Å²) >= 11 is 0. The third-order valence-corrected chi connectivity index (χ3v) is 7.18. The van der Waals surface area contributed by atoms with E-state index in [0.29, 0.717) is 30.6 Å². The molecule has 1 saturated carbocycles. The average molecular weight is 433 g/mol. The minimum Gasteiger partial charge on any atom is -0.380 e. The van der Waals surface area contributed by atoms with E-state index in [1.165, 1.54) is 0 Å². The molecule has 5 nitrogen and oxygen atoms in total. The van der Waals surface area contributed by atoms with Crippen molar-refractivity contribution in [3.8, 4) is 0 Å². The molecule has 1 aromatic heterocycles. The number of amides is 1. The summed E-state index contributed by atoms with van der Waals surface area (Å²) < 4.78 is 40.5. The molecule has 2 aromatic rings. The summed E-state index contributed by atoms with van der Waals surface area (Å²) in [6, 6.07) is 10.8. The summed E-state index contributed by atoms with van der Waals surface area (Å²) in [7, 11) is 0. The van der Waals surface area contributed by atoms with Gasteiger partial charge in [0.15, 0.2) is 5.60 Å². The first-order valence-corrected chi connectivity index (χ1v) is 10.6. The Bertz CT molecular complexity index is 966. The lowest BCUT2D eigenvalue weighted by molar-refractivity contribution is -0.279. The summed E-state index contributed by atoms with van der Waals surface area (Å²) in [5, 5.41) is 10.3. The molecule has 1 aromatic carbocycles. The van der Waals surface area contributed by atoms with E-state index in [2.05, 4.69) is 15.8 Å². The number of carbonyl (C=O) groups is 1. The van der Waals surface area contributed by atoms with Gasteiger partial charge in [0, 0.05) is 11.8 Å². The highest BCUT2D eigenvalue weighted by Gasteiger charge is 2.61. The standard InChI is InChI=1S/C23H26F3N3O2/c1-2-21-11-12-22(31,23(24,25)26)14-15(21)9-10-16-17(6-5-7-18(16)21)20(30)29-28-19-8-3-4-13-27-19/h3-8,13,15,31H,2,9-12,14H2,1H3,(H,27,28)(H,29,30). The molecule has 4 rings (SSSR count). The van der Waals surface area contributed by atoms with Gasteiger partial charge in [-0.2, -0.15) is 13.2 Å².